The van der Waals surface area contributed by atoms with Crippen LogP contribution in [0.2, 0.25) is 10.0 Å². The number of hydrogen-bond acceptors (Lipinski definition) is 4. The molecular formula is C17H20Cl2N2O2S2. The van der Waals surface area contributed by atoms with Gasteiger partial charge in [-0.2, -0.15) is 0 Å². The highest BCUT2D eigenvalue weighted by Gasteiger charge is 2.25. The first-order valence-electron chi connectivity index (χ1n) is 8.15. The van der Waals surface area contributed by atoms with Gasteiger partial charge in [-0.3, -0.25) is 14.5 Å². The number of rotatable bonds is 9. The Hall–Kier alpha value is -0.820. The fraction of sp³-hybridized carbons (Fsp3) is 0.471. The molecule has 0 bridgehead atoms. The van der Waals surface area contributed by atoms with Crippen LogP contribution < -0.4 is 5.32 Å². The van der Waals surface area contributed by atoms with Gasteiger partial charge in [0.15, 0.2) is 0 Å². The van der Waals surface area contributed by atoms with Gasteiger partial charge in [-0.25, -0.2) is 0 Å². The minimum Gasteiger partial charge on any atom is -0.356 e. The summed E-state index contributed by atoms with van der Waals surface area (Å²) in [4.78, 5) is 25.1. The molecule has 0 aromatic heterocycles. The van der Waals surface area contributed by atoms with Crippen molar-refractivity contribution in [2.24, 2.45) is 0 Å². The van der Waals surface area contributed by atoms with Gasteiger partial charge < -0.3 is 5.32 Å². The Morgan fingerprint density at radius 3 is 2.76 bits per heavy atom. The van der Waals surface area contributed by atoms with Crippen molar-refractivity contribution >= 4 is 63.3 Å². The maximum atomic E-state index is 11.8. The molecule has 0 unspecified atom stereocenters. The Labute approximate surface area is 167 Å². The van der Waals surface area contributed by atoms with Crippen LogP contribution in [0, 0.1) is 0 Å². The summed E-state index contributed by atoms with van der Waals surface area (Å²) in [6.45, 7) is 1.20. The summed E-state index contributed by atoms with van der Waals surface area (Å²) in [5, 5.41) is 4.12. The lowest BCUT2D eigenvalue weighted by atomic mass is 10.1. The lowest BCUT2D eigenvalue weighted by Gasteiger charge is -2.14. The van der Waals surface area contributed by atoms with Gasteiger partial charge in [0.2, 0.25) is 11.8 Å². The van der Waals surface area contributed by atoms with Crippen molar-refractivity contribution in [3.63, 3.8) is 0 Å². The Morgan fingerprint density at radius 1 is 1.28 bits per heavy atom. The van der Waals surface area contributed by atoms with Crippen molar-refractivity contribution in [2.45, 2.75) is 32.1 Å². The van der Waals surface area contributed by atoms with E-state index in [1.165, 1.54) is 11.8 Å². The van der Waals surface area contributed by atoms with E-state index in [2.05, 4.69) is 5.32 Å². The van der Waals surface area contributed by atoms with E-state index in [4.69, 9.17) is 35.4 Å². The number of nitrogens with one attached hydrogen (secondary N) is 1. The number of carbonyl (C=O) groups is 2. The monoisotopic (exact) mass is 418 g/mol. The molecule has 1 saturated heterocycles. The Kier molecular flexibility index (Phi) is 8.49. The van der Waals surface area contributed by atoms with E-state index in [1.807, 2.05) is 6.07 Å². The van der Waals surface area contributed by atoms with Crippen molar-refractivity contribution in [1.29, 1.82) is 0 Å². The van der Waals surface area contributed by atoms with Crippen molar-refractivity contribution in [3.8, 4) is 0 Å². The fourth-order valence-corrected chi connectivity index (χ4v) is 4.10. The summed E-state index contributed by atoms with van der Waals surface area (Å²) in [5.41, 5.74) is 0.968. The normalized spacial score (nSPS) is 14.2. The Bertz CT molecular complexity index is 640. The predicted molar refractivity (Wildman–Crippen MR) is 108 cm³/mol. The van der Waals surface area contributed by atoms with Crippen LogP contribution in [0.25, 0.3) is 0 Å². The van der Waals surface area contributed by atoms with Crippen LogP contribution in [0.4, 0.5) is 0 Å². The number of thiocarbonyl (C=S) groups is 1. The van der Waals surface area contributed by atoms with Crippen LogP contribution in [0.3, 0.4) is 0 Å². The molecule has 0 aliphatic carbocycles. The van der Waals surface area contributed by atoms with Crippen molar-refractivity contribution in [3.05, 3.63) is 33.8 Å². The number of thioether (sulfide) groups is 1. The van der Waals surface area contributed by atoms with Crippen LogP contribution in [0.15, 0.2) is 18.2 Å². The second kappa shape index (κ2) is 10.4. The van der Waals surface area contributed by atoms with Gasteiger partial charge in [-0.05, 0) is 37.0 Å². The molecule has 136 valence electrons. The maximum Gasteiger partial charge on any atom is 0.238 e. The summed E-state index contributed by atoms with van der Waals surface area (Å²) in [7, 11) is 0. The highest BCUT2D eigenvalue weighted by atomic mass is 35.5. The smallest absolute Gasteiger partial charge is 0.238 e. The van der Waals surface area contributed by atoms with E-state index >= 15 is 0 Å². The first-order valence-corrected chi connectivity index (χ1v) is 10.3. The molecule has 1 aromatic rings. The van der Waals surface area contributed by atoms with Crippen LogP contribution in [0.1, 0.15) is 31.2 Å². The summed E-state index contributed by atoms with van der Waals surface area (Å²) < 4.78 is 0.670. The van der Waals surface area contributed by atoms with Gasteiger partial charge in [0.1, 0.15) is 4.32 Å². The number of benzene rings is 1. The van der Waals surface area contributed by atoms with Crippen LogP contribution >= 0.6 is 47.2 Å². The van der Waals surface area contributed by atoms with Crippen molar-refractivity contribution in [2.75, 3.05) is 18.8 Å². The maximum absolute atomic E-state index is 11.8. The molecular weight excluding hydrogens is 399 g/mol. The molecule has 0 saturated carbocycles. The van der Waals surface area contributed by atoms with E-state index in [-0.39, 0.29) is 11.8 Å². The zero-order chi connectivity index (χ0) is 18.2. The largest absolute Gasteiger partial charge is 0.356 e. The molecule has 2 rings (SSSR count). The third kappa shape index (κ3) is 6.77. The summed E-state index contributed by atoms with van der Waals surface area (Å²) in [6, 6.07) is 5.37. The van der Waals surface area contributed by atoms with E-state index in [0.717, 1.165) is 24.8 Å². The molecule has 1 N–H and O–H groups in total. The first kappa shape index (κ1) is 20.5. The molecule has 25 heavy (non-hydrogen) atoms. The van der Waals surface area contributed by atoms with E-state index in [9.17, 15) is 9.59 Å². The van der Waals surface area contributed by atoms with Crippen LogP contribution in [-0.2, 0) is 16.0 Å². The molecule has 8 heteroatoms. The first-order chi connectivity index (χ1) is 12.0. The standard InChI is InChI=1S/C17H20Cl2N2O2S2/c18-13-6-5-12(14(19)10-13)7-8-20-15(22)4-2-1-3-9-21-16(23)11-25-17(21)24/h5-6,10H,1-4,7-9,11H2,(H,20,22). The third-order valence-electron chi connectivity index (χ3n) is 3.86. The molecule has 1 fully saturated rings. The van der Waals surface area contributed by atoms with Crippen LogP contribution in [0.5, 0.6) is 0 Å². The van der Waals surface area contributed by atoms with Crippen molar-refractivity contribution < 1.29 is 9.59 Å². The number of unbranched alkanes of at least 4 members (excludes halogenated alkanes) is 2. The number of hydrogen-bond donors (Lipinski definition) is 1. The lowest BCUT2D eigenvalue weighted by molar-refractivity contribution is -0.124. The number of nitrogens with zero attached hydrogens (tertiary/aromatic N) is 1. The fourth-order valence-electron chi connectivity index (χ4n) is 2.48. The molecule has 2 amide bonds. The topological polar surface area (TPSA) is 49.4 Å². The van der Waals surface area contributed by atoms with Crippen molar-refractivity contribution in [1.82, 2.24) is 10.2 Å². The quantitative estimate of drug-likeness (QED) is 0.484. The number of carbonyl (C=O) groups excluding carboxylic acids is 2. The van der Waals surface area contributed by atoms with E-state index in [1.54, 1.807) is 17.0 Å². The Balaban J connectivity index is 1.55. The molecule has 1 heterocycles. The second-order valence-corrected chi connectivity index (χ2v) is 8.20. The molecule has 1 aromatic carbocycles. The minimum atomic E-state index is 0.0356. The predicted octanol–water partition coefficient (Wildman–Crippen LogP) is 4.07. The Morgan fingerprint density at radius 2 is 2.08 bits per heavy atom. The zero-order valence-corrected chi connectivity index (χ0v) is 16.9. The number of amides is 2. The molecule has 1 aliphatic rings. The van der Waals surface area contributed by atoms with Gasteiger partial charge in [-0.1, -0.05) is 59.7 Å². The summed E-state index contributed by atoms with van der Waals surface area (Å²) in [5.74, 6) is 0.584. The van der Waals surface area contributed by atoms with Crippen LogP contribution in [-0.4, -0.2) is 39.9 Å². The third-order valence-corrected chi connectivity index (χ3v) is 5.88. The average Bonchev–Trinajstić information content (AvgIpc) is 2.88. The summed E-state index contributed by atoms with van der Waals surface area (Å²) in [6.07, 6.45) is 3.72. The van der Waals surface area contributed by atoms with E-state index in [0.29, 0.717) is 46.0 Å². The van der Waals surface area contributed by atoms with Gasteiger partial charge >= 0.3 is 0 Å². The molecule has 0 radical (unpaired) electrons. The van der Waals surface area contributed by atoms with Gasteiger partial charge in [-0.15, -0.1) is 0 Å². The van der Waals surface area contributed by atoms with Gasteiger partial charge in [0, 0.05) is 29.6 Å². The SMILES string of the molecule is O=C(CCCCCN1C(=O)CSC1=S)NCCc1ccc(Cl)cc1Cl. The zero-order valence-electron chi connectivity index (χ0n) is 13.7. The van der Waals surface area contributed by atoms with E-state index < -0.39 is 0 Å². The number of halogens is 2. The molecule has 4 nitrogen and oxygen atoms in total. The highest BCUT2D eigenvalue weighted by Crippen LogP contribution is 2.21. The second-order valence-electron chi connectivity index (χ2n) is 5.75. The molecule has 1 aliphatic heterocycles. The minimum absolute atomic E-state index is 0.0356. The lowest BCUT2D eigenvalue weighted by Crippen LogP contribution is -2.29. The molecule has 0 spiro atoms. The van der Waals surface area contributed by atoms with Gasteiger partial charge in [0.05, 0.1) is 5.75 Å². The molecule has 0 atom stereocenters. The van der Waals surface area contributed by atoms with Gasteiger partial charge in [0.25, 0.3) is 0 Å². The average molecular weight is 419 g/mol. The summed E-state index contributed by atoms with van der Waals surface area (Å²) >= 11 is 18.5. The highest BCUT2D eigenvalue weighted by molar-refractivity contribution is 8.23.